The number of carboxylic acids is 1. The van der Waals surface area contributed by atoms with Gasteiger partial charge in [0.05, 0.1) is 12.1 Å². The van der Waals surface area contributed by atoms with Gasteiger partial charge in [0.2, 0.25) is 5.91 Å². The number of carbonyl (C=O) groups is 2. The van der Waals surface area contributed by atoms with Gasteiger partial charge in [-0.3, -0.25) is 9.59 Å². The number of anilines is 1. The lowest BCUT2D eigenvalue weighted by molar-refractivity contribution is -0.138. The summed E-state index contributed by atoms with van der Waals surface area (Å²) in [6, 6.07) is 17.4. The second-order valence-corrected chi connectivity index (χ2v) is 5.25. The summed E-state index contributed by atoms with van der Waals surface area (Å²) >= 11 is 0. The van der Waals surface area contributed by atoms with Gasteiger partial charge in [0.25, 0.3) is 0 Å². The van der Waals surface area contributed by atoms with Crippen molar-refractivity contribution in [2.75, 3.05) is 11.4 Å². The van der Waals surface area contributed by atoms with Crippen molar-refractivity contribution < 1.29 is 14.7 Å². The molecule has 1 N–H and O–H groups in total. The van der Waals surface area contributed by atoms with Gasteiger partial charge < -0.3 is 10.0 Å². The Balaban J connectivity index is 2.04. The van der Waals surface area contributed by atoms with Crippen molar-refractivity contribution in [1.29, 1.82) is 0 Å². The number of hydrogen-bond acceptors (Lipinski definition) is 2. The maximum absolute atomic E-state index is 12.5. The minimum absolute atomic E-state index is 0.0189. The normalized spacial score (nSPS) is 13.8. The van der Waals surface area contributed by atoms with Crippen LogP contribution in [0.25, 0.3) is 17.2 Å². The highest BCUT2D eigenvalue weighted by atomic mass is 16.4. The molecule has 0 fully saturated rings. The Labute approximate surface area is 134 Å². The largest absolute Gasteiger partial charge is 0.481 e. The topological polar surface area (TPSA) is 57.6 Å². The first-order valence-corrected chi connectivity index (χ1v) is 7.37. The molecule has 0 radical (unpaired) electrons. The third kappa shape index (κ3) is 3.09. The smallest absolute Gasteiger partial charge is 0.303 e. The molecule has 4 heteroatoms. The van der Waals surface area contributed by atoms with Gasteiger partial charge >= 0.3 is 5.97 Å². The molecule has 114 valence electrons. The molecule has 0 atom stereocenters. The second-order valence-electron chi connectivity index (χ2n) is 5.25. The molecule has 0 aromatic heterocycles. The van der Waals surface area contributed by atoms with Crippen molar-refractivity contribution in [2.24, 2.45) is 0 Å². The van der Waals surface area contributed by atoms with Crippen LogP contribution in [0.15, 0.2) is 42.5 Å². The molecule has 0 bridgehead atoms. The molecule has 1 heterocycles. The van der Waals surface area contributed by atoms with E-state index in [1.807, 2.05) is 48.6 Å². The van der Waals surface area contributed by atoms with Gasteiger partial charge in [-0.05, 0) is 23.8 Å². The van der Waals surface area contributed by atoms with Gasteiger partial charge in [0, 0.05) is 24.1 Å². The van der Waals surface area contributed by atoms with E-state index in [0.29, 0.717) is 6.54 Å². The molecule has 0 spiro atoms. The molecular weight excluding hydrogens is 290 g/mol. The van der Waals surface area contributed by atoms with Gasteiger partial charge in [0.1, 0.15) is 0 Å². The Hall–Kier alpha value is -3.06. The van der Waals surface area contributed by atoms with Gasteiger partial charge in [0.15, 0.2) is 0 Å². The number of fused-ring (bicyclic) bond motifs is 3. The van der Waals surface area contributed by atoms with E-state index in [-0.39, 0.29) is 18.7 Å². The number of carbonyl (C=O) groups excluding carboxylic acids is 1. The number of para-hydroxylation sites is 1. The fourth-order valence-corrected chi connectivity index (χ4v) is 2.65. The number of amides is 1. The van der Waals surface area contributed by atoms with Crippen molar-refractivity contribution in [3.05, 3.63) is 60.2 Å². The number of aliphatic carboxylic acids is 1. The highest BCUT2D eigenvalue weighted by Crippen LogP contribution is 2.34. The van der Waals surface area contributed by atoms with Gasteiger partial charge in [-0.2, -0.15) is 0 Å². The molecule has 2 aromatic rings. The molecule has 2 aromatic carbocycles. The molecule has 1 aliphatic heterocycles. The van der Waals surface area contributed by atoms with Crippen LogP contribution in [0.2, 0.25) is 0 Å². The molecular formula is C19H15NO3. The van der Waals surface area contributed by atoms with Crippen molar-refractivity contribution >= 4 is 23.6 Å². The summed E-state index contributed by atoms with van der Waals surface area (Å²) in [7, 11) is 0. The van der Waals surface area contributed by atoms with Crippen LogP contribution < -0.4 is 4.90 Å². The lowest BCUT2D eigenvalue weighted by Gasteiger charge is -2.25. The summed E-state index contributed by atoms with van der Waals surface area (Å²) in [4.78, 5) is 24.8. The minimum Gasteiger partial charge on any atom is -0.481 e. The third-order valence-corrected chi connectivity index (χ3v) is 3.74. The van der Waals surface area contributed by atoms with E-state index in [4.69, 9.17) is 5.11 Å². The molecule has 0 aliphatic carbocycles. The molecule has 0 saturated heterocycles. The number of benzene rings is 1. The predicted octanol–water partition coefficient (Wildman–Crippen LogP) is 3.18. The van der Waals surface area contributed by atoms with E-state index in [9.17, 15) is 9.59 Å². The summed E-state index contributed by atoms with van der Waals surface area (Å²) in [5.74, 6) is -1.17. The maximum atomic E-state index is 12.5. The second kappa shape index (κ2) is 6.37. The fraction of sp³-hybridized carbons (Fsp3) is 0.158. The molecule has 1 aliphatic rings. The average molecular weight is 305 g/mol. The van der Waals surface area contributed by atoms with Crippen molar-refractivity contribution in [3.63, 3.8) is 0 Å². The zero-order valence-corrected chi connectivity index (χ0v) is 12.5. The predicted molar refractivity (Wildman–Crippen MR) is 87.8 cm³/mol. The molecule has 1 amide bonds. The van der Waals surface area contributed by atoms with Crippen LogP contribution in [0.5, 0.6) is 0 Å². The van der Waals surface area contributed by atoms with Gasteiger partial charge in [-0.25, -0.2) is 0 Å². The molecule has 0 saturated carbocycles. The highest BCUT2D eigenvalue weighted by Gasteiger charge is 2.21. The van der Waals surface area contributed by atoms with Crippen molar-refractivity contribution in [3.8, 4) is 11.1 Å². The average Bonchev–Trinajstić information content (AvgIpc) is 2.55. The monoisotopic (exact) mass is 305 g/mol. The van der Waals surface area contributed by atoms with Crippen LogP contribution in [0.1, 0.15) is 18.4 Å². The fourth-order valence-electron chi connectivity index (χ4n) is 2.65. The Morgan fingerprint density at radius 1 is 1.17 bits per heavy atom. The summed E-state index contributed by atoms with van der Waals surface area (Å²) in [6.07, 6.45) is 3.67. The first-order chi connectivity index (χ1) is 11.2. The molecule has 4 nitrogen and oxygen atoms in total. The van der Waals surface area contributed by atoms with Crippen LogP contribution in [0.3, 0.4) is 0 Å². The number of rotatable bonds is 3. The highest BCUT2D eigenvalue weighted by molar-refractivity contribution is 6.00. The third-order valence-electron chi connectivity index (χ3n) is 3.74. The SMILES string of the molecule is O=C(O)CCC(=O)N1C/C=C\c2ccc#cc2-c2ccccc21. The Morgan fingerprint density at radius 2 is 2.00 bits per heavy atom. The van der Waals surface area contributed by atoms with E-state index in [0.717, 1.165) is 22.4 Å². The maximum Gasteiger partial charge on any atom is 0.303 e. The first kappa shape index (κ1) is 14.9. The molecule has 3 rings (SSSR count). The molecule has 23 heavy (non-hydrogen) atoms. The van der Waals surface area contributed by atoms with E-state index in [2.05, 4.69) is 12.1 Å². The first-order valence-electron chi connectivity index (χ1n) is 7.37. The Bertz CT molecular complexity index is 780. The number of hydrogen-bond donors (Lipinski definition) is 1. The molecule has 0 unspecified atom stereocenters. The van der Waals surface area contributed by atoms with E-state index in [1.54, 1.807) is 4.90 Å². The van der Waals surface area contributed by atoms with Crippen LogP contribution in [-0.2, 0) is 9.59 Å². The van der Waals surface area contributed by atoms with Crippen LogP contribution in [0, 0.1) is 12.1 Å². The van der Waals surface area contributed by atoms with Crippen LogP contribution >= 0.6 is 0 Å². The quantitative estimate of drug-likeness (QED) is 0.947. The zero-order chi connectivity index (χ0) is 16.2. The van der Waals surface area contributed by atoms with Crippen LogP contribution in [-0.4, -0.2) is 23.5 Å². The summed E-state index contributed by atoms with van der Waals surface area (Å²) < 4.78 is 0. The van der Waals surface area contributed by atoms with Gasteiger partial charge in [-0.15, -0.1) is 0 Å². The summed E-state index contributed by atoms with van der Waals surface area (Å²) in [5, 5.41) is 8.79. The number of nitrogens with zero attached hydrogens (tertiary/aromatic N) is 1. The van der Waals surface area contributed by atoms with Gasteiger partial charge in [-0.1, -0.05) is 42.5 Å². The zero-order valence-electron chi connectivity index (χ0n) is 12.5. The Morgan fingerprint density at radius 3 is 2.83 bits per heavy atom. The van der Waals surface area contributed by atoms with Crippen molar-refractivity contribution in [2.45, 2.75) is 12.8 Å². The van der Waals surface area contributed by atoms with E-state index < -0.39 is 5.97 Å². The summed E-state index contributed by atoms with van der Waals surface area (Å²) in [5.41, 5.74) is 3.57. The lowest BCUT2D eigenvalue weighted by atomic mass is 9.97. The van der Waals surface area contributed by atoms with Crippen LogP contribution in [0.4, 0.5) is 5.69 Å². The standard InChI is InChI=1S/C19H15NO3/c21-18(11-12-19(22)23)20-13-5-7-14-6-1-2-8-15(14)16-9-3-4-10-17(16)20/h1,3-7,9-10H,11-13H2,(H,22,23)/b7-5-. The minimum atomic E-state index is -0.970. The lowest BCUT2D eigenvalue weighted by Crippen LogP contribution is -2.32. The van der Waals surface area contributed by atoms with E-state index >= 15 is 0 Å². The Kier molecular flexibility index (Phi) is 4.11. The van der Waals surface area contributed by atoms with E-state index in [1.165, 1.54) is 0 Å². The van der Waals surface area contributed by atoms with Crippen molar-refractivity contribution in [1.82, 2.24) is 0 Å². The number of carboxylic acid groups (broad SMARTS) is 1. The summed E-state index contributed by atoms with van der Waals surface area (Å²) in [6.45, 7) is 0.410.